The van der Waals surface area contributed by atoms with Crippen molar-refractivity contribution in [1.82, 2.24) is 0 Å². The first-order valence-electron chi connectivity index (χ1n) is 11.0. The largest absolute Gasteiger partial charge is 0.503 e. The van der Waals surface area contributed by atoms with E-state index in [0.29, 0.717) is 23.4 Å². The maximum atomic E-state index is 13.4. The zero-order valence-electron chi connectivity index (χ0n) is 19.0. The first kappa shape index (κ1) is 22.3. The summed E-state index contributed by atoms with van der Waals surface area (Å²) in [6.45, 7) is 3.86. The topological polar surface area (TPSA) is 66.8 Å². The van der Waals surface area contributed by atoms with Crippen molar-refractivity contribution >= 4 is 17.4 Å². The molecule has 0 bridgehead atoms. The minimum Gasteiger partial charge on any atom is -0.503 e. The molecule has 0 aromatic heterocycles. The maximum absolute atomic E-state index is 13.4. The van der Waals surface area contributed by atoms with E-state index in [2.05, 4.69) is 0 Å². The summed E-state index contributed by atoms with van der Waals surface area (Å²) in [6.07, 6.45) is 0.704. The van der Waals surface area contributed by atoms with Crippen LogP contribution in [0, 0.1) is 13.8 Å². The molecule has 1 unspecified atom stereocenters. The Hall–Kier alpha value is -3.86. The van der Waals surface area contributed by atoms with E-state index < -0.39 is 17.7 Å². The van der Waals surface area contributed by atoms with Crippen molar-refractivity contribution in [1.29, 1.82) is 0 Å². The molecule has 5 nitrogen and oxygen atoms in total. The van der Waals surface area contributed by atoms with Gasteiger partial charge in [0.15, 0.2) is 11.5 Å². The third-order valence-electron chi connectivity index (χ3n) is 6.05. The van der Waals surface area contributed by atoms with Gasteiger partial charge in [0.05, 0.1) is 18.7 Å². The Morgan fingerprint density at radius 3 is 2.42 bits per heavy atom. The van der Waals surface area contributed by atoms with Gasteiger partial charge in [-0.3, -0.25) is 14.5 Å². The first-order chi connectivity index (χ1) is 15.9. The molecule has 1 aliphatic heterocycles. The molecule has 4 rings (SSSR count). The number of ketones is 1. The number of nitrogens with zero attached hydrogens (tertiary/aromatic N) is 1. The number of aliphatic hydroxyl groups excluding tert-OH is 1. The Morgan fingerprint density at radius 2 is 1.70 bits per heavy atom. The number of rotatable bonds is 7. The number of methoxy groups -OCH3 is 1. The quantitative estimate of drug-likeness (QED) is 0.532. The van der Waals surface area contributed by atoms with Crippen molar-refractivity contribution < 1.29 is 19.4 Å². The third kappa shape index (κ3) is 4.27. The normalized spacial score (nSPS) is 15.8. The zero-order valence-corrected chi connectivity index (χ0v) is 19.0. The molecule has 1 atom stereocenters. The van der Waals surface area contributed by atoms with Crippen LogP contribution in [-0.4, -0.2) is 23.9 Å². The van der Waals surface area contributed by atoms with Crippen LogP contribution in [0.3, 0.4) is 0 Å². The predicted molar refractivity (Wildman–Crippen MR) is 129 cm³/mol. The van der Waals surface area contributed by atoms with Crippen LogP contribution in [0.15, 0.2) is 84.1 Å². The second kappa shape index (κ2) is 9.33. The van der Waals surface area contributed by atoms with Crippen LogP contribution in [0.5, 0.6) is 5.75 Å². The highest BCUT2D eigenvalue weighted by molar-refractivity contribution is 6.16. The van der Waals surface area contributed by atoms with Gasteiger partial charge in [-0.1, -0.05) is 60.7 Å². The standard InChI is InChI=1S/C28H27NO4/c1-18-13-14-19(2)22(17-18)29-26(21-11-7-8-12-24(21)33-3)25(27(31)28(29)32)23(30)16-15-20-9-5-4-6-10-20/h4-14,17,26,31H,15-16H2,1-3H3. The molecule has 3 aromatic carbocycles. The Morgan fingerprint density at radius 1 is 1.00 bits per heavy atom. The SMILES string of the molecule is COc1ccccc1C1C(C(=O)CCc2ccccc2)=C(O)C(=O)N1c1cc(C)ccc1C. The number of ether oxygens (including phenoxy) is 1. The molecule has 0 spiro atoms. The molecule has 0 aliphatic carbocycles. The lowest BCUT2D eigenvalue weighted by Crippen LogP contribution is -2.32. The fourth-order valence-electron chi connectivity index (χ4n) is 4.34. The van der Waals surface area contributed by atoms with Crippen molar-refractivity contribution in [3.05, 3.63) is 106 Å². The number of carbonyl (C=O) groups excluding carboxylic acids is 2. The van der Waals surface area contributed by atoms with Crippen molar-refractivity contribution in [3.8, 4) is 5.75 Å². The molecule has 168 valence electrons. The lowest BCUT2D eigenvalue weighted by atomic mass is 9.92. The van der Waals surface area contributed by atoms with E-state index in [-0.39, 0.29) is 17.8 Å². The van der Waals surface area contributed by atoms with E-state index in [0.717, 1.165) is 16.7 Å². The van der Waals surface area contributed by atoms with Crippen LogP contribution < -0.4 is 9.64 Å². The van der Waals surface area contributed by atoms with Gasteiger partial charge in [0.25, 0.3) is 5.91 Å². The number of hydrogen-bond donors (Lipinski definition) is 1. The van der Waals surface area contributed by atoms with Crippen molar-refractivity contribution in [2.75, 3.05) is 12.0 Å². The number of anilines is 1. The van der Waals surface area contributed by atoms with Gasteiger partial charge in [0.1, 0.15) is 5.75 Å². The summed E-state index contributed by atoms with van der Waals surface area (Å²) in [7, 11) is 1.55. The molecule has 1 amide bonds. The van der Waals surface area contributed by atoms with E-state index in [1.165, 1.54) is 4.90 Å². The van der Waals surface area contributed by atoms with Gasteiger partial charge < -0.3 is 9.84 Å². The molecule has 33 heavy (non-hydrogen) atoms. The molecule has 0 radical (unpaired) electrons. The summed E-state index contributed by atoms with van der Waals surface area (Å²) in [6, 6.07) is 22.0. The van der Waals surface area contributed by atoms with Crippen LogP contribution >= 0.6 is 0 Å². The van der Waals surface area contributed by atoms with Crippen molar-refractivity contribution in [3.63, 3.8) is 0 Å². The maximum Gasteiger partial charge on any atom is 0.294 e. The summed E-state index contributed by atoms with van der Waals surface area (Å²) >= 11 is 0. The second-order valence-electron chi connectivity index (χ2n) is 8.28. The number of aryl methyl sites for hydroxylation is 3. The Labute approximate surface area is 193 Å². The van der Waals surface area contributed by atoms with Gasteiger partial charge in [-0.05, 0) is 49.1 Å². The predicted octanol–water partition coefficient (Wildman–Crippen LogP) is 5.41. The Kier molecular flexibility index (Phi) is 6.31. The molecule has 3 aromatic rings. The summed E-state index contributed by atoms with van der Waals surface area (Å²) in [4.78, 5) is 28.3. The molecule has 5 heteroatoms. The molecular weight excluding hydrogens is 414 g/mol. The Balaban J connectivity index is 1.80. The molecule has 1 N–H and O–H groups in total. The fraction of sp³-hybridized carbons (Fsp3) is 0.214. The van der Waals surface area contributed by atoms with Gasteiger partial charge in [-0.25, -0.2) is 0 Å². The summed E-state index contributed by atoms with van der Waals surface area (Å²) in [5, 5.41) is 10.9. The number of carbonyl (C=O) groups is 2. The minimum atomic E-state index is -0.780. The molecule has 0 fully saturated rings. The van der Waals surface area contributed by atoms with Crippen LogP contribution in [0.1, 0.15) is 34.7 Å². The van der Waals surface area contributed by atoms with Crippen LogP contribution in [0.2, 0.25) is 0 Å². The first-order valence-corrected chi connectivity index (χ1v) is 11.0. The van der Waals surface area contributed by atoms with Gasteiger partial charge in [-0.15, -0.1) is 0 Å². The Bertz CT molecular complexity index is 1230. The van der Waals surface area contributed by atoms with E-state index in [1.807, 2.05) is 80.6 Å². The third-order valence-corrected chi connectivity index (χ3v) is 6.05. The number of amides is 1. The smallest absolute Gasteiger partial charge is 0.294 e. The summed E-state index contributed by atoms with van der Waals surface area (Å²) < 4.78 is 5.57. The zero-order chi connectivity index (χ0) is 23.5. The van der Waals surface area contributed by atoms with Crippen LogP contribution in [0.25, 0.3) is 0 Å². The van der Waals surface area contributed by atoms with Crippen molar-refractivity contribution in [2.45, 2.75) is 32.7 Å². The van der Waals surface area contributed by atoms with Gasteiger partial charge in [0.2, 0.25) is 0 Å². The highest BCUT2D eigenvalue weighted by atomic mass is 16.5. The van der Waals surface area contributed by atoms with E-state index in [1.54, 1.807) is 13.2 Å². The molecule has 0 saturated carbocycles. The number of benzene rings is 3. The summed E-state index contributed by atoms with van der Waals surface area (Å²) in [5.41, 5.74) is 4.30. The second-order valence-corrected chi connectivity index (χ2v) is 8.28. The van der Waals surface area contributed by atoms with E-state index in [9.17, 15) is 14.7 Å². The highest BCUT2D eigenvalue weighted by Gasteiger charge is 2.45. The molecule has 1 aliphatic rings. The highest BCUT2D eigenvalue weighted by Crippen LogP contribution is 2.45. The lowest BCUT2D eigenvalue weighted by molar-refractivity contribution is -0.118. The summed E-state index contributed by atoms with van der Waals surface area (Å²) in [5.74, 6) is -0.783. The average molecular weight is 442 g/mol. The number of Topliss-reactive ketones (excluding diaryl/α,β-unsaturated/α-hetero) is 1. The van der Waals surface area contributed by atoms with Gasteiger partial charge >= 0.3 is 0 Å². The number of para-hydroxylation sites is 1. The van der Waals surface area contributed by atoms with Crippen LogP contribution in [-0.2, 0) is 16.0 Å². The monoisotopic (exact) mass is 441 g/mol. The fourth-order valence-corrected chi connectivity index (χ4v) is 4.34. The average Bonchev–Trinajstić information content (AvgIpc) is 3.10. The van der Waals surface area contributed by atoms with E-state index >= 15 is 0 Å². The number of aliphatic hydroxyl groups is 1. The van der Waals surface area contributed by atoms with Crippen LogP contribution in [0.4, 0.5) is 5.69 Å². The van der Waals surface area contributed by atoms with Gasteiger partial charge in [0, 0.05) is 17.7 Å². The van der Waals surface area contributed by atoms with Crippen molar-refractivity contribution in [2.24, 2.45) is 0 Å². The molecule has 1 heterocycles. The van der Waals surface area contributed by atoms with Gasteiger partial charge in [-0.2, -0.15) is 0 Å². The van der Waals surface area contributed by atoms with E-state index in [4.69, 9.17) is 4.74 Å². The lowest BCUT2D eigenvalue weighted by Gasteiger charge is -2.29. The minimum absolute atomic E-state index is 0.112. The molecule has 0 saturated heterocycles. The number of hydrogen-bond acceptors (Lipinski definition) is 4. The molecular formula is C28H27NO4.